The molecular formula is C16H22N3O5P. The van der Waals surface area contributed by atoms with E-state index in [-0.39, 0.29) is 24.6 Å². The topological polar surface area (TPSA) is 117 Å². The van der Waals surface area contributed by atoms with Gasteiger partial charge in [-0.1, -0.05) is 18.2 Å². The zero-order valence-electron chi connectivity index (χ0n) is 14.4. The molecule has 0 saturated heterocycles. The summed E-state index contributed by atoms with van der Waals surface area (Å²) in [7, 11) is -3.41. The maximum absolute atomic E-state index is 12.9. The first-order valence-electron chi connectivity index (χ1n) is 7.95. The Labute approximate surface area is 146 Å². The van der Waals surface area contributed by atoms with Crippen LogP contribution in [0.25, 0.3) is 10.8 Å². The molecule has 0 amide bonds. The Morgan fingerprint density at radius 2 is 1.80 bits per heavy atom. The highest BCUT2D eigenvalue weighted by Crippen LogP contribution is 2.53. The van der Waals surface area contributed by atoms with Gasteiger partial charge in [0.25, 0.3) is 5.69 Å². The van der Waals surface area contributed by atoms with Gasteiger partial charge in [0.15, 0.2) is 0 Å². The van der Waals surface area contributed by atoms with Crippen molar-refractivity contribution in [3.63, 3.8) is 0 Å². The first kappa shape index (κ1) is 19.2. The highest BCUT2D eigenvalue weighted by molar-refractivity contribution is 7.54. The van der Waals surface area contributed by atoms with Crippen molar-refractivity contribution in [3.8, 4) is 0 Å². The van der Waals surface area contributed by atoms with Crippen molar-refractivity contribution in [2.24, 2.45) is 0 Å². The summed E-state index contributed by atoms with van der Waals surface area (Å²) in [6, 6.07) is 8.13. The maximum Gasteiger partial charge on any atom is 0.352 e. The number of fused-ring (bicyclic) bond motifs is 1. The van der Waals surface area contributed by atoms with Gasteiger partial charge in [0.05, 0.1) is 34.9 Å². The lowest BCUT2D eigenvalue weighted by atomic mass is 10.1. The number of benzene rings is 2. The van der Waals surface area contributed by atoms with Gasteiger partial charge in [0.2, 0.25) is 0 Å². The molecule has 3 N–H and O–H groups in total. The lowest BCUT2D eigenvalue weighted by Gasteiger charge is -2.26. The molecule has 0 fully saturated rings. The Morgan fingerprint density at radius 1 is 1.24 bits per heavy atom. The molecule has 0 aromatic heterocycles. The smallest absolute Gasteiger partial charge is 0.352 e. The number of nitro groups is 1. The molecular weight excluding hydrogens is 345 g/mol. The number of nitrogens with one attached hydrogen (secondary N) is 1. The minimum absolute atomic E-state index is 0.0795. The molecule has 2 aromatic carbocycles. The average molecular weight is 367 g/mol. The molecule has 0 heterocycles. The first-order chi connectivity index (χ1) is 11.8. The van der Waals surface area contributed by atoms with Crippen molar-refractivity contribution in [1.29, 1.82) is 0 Å². The van der Waals surface area contributed by atoms with Gasteiger partial charge < -0.3 is 20.1 Å². The average Bonchev–Trinajstić information content (AvgIpc) is 2.57. The molecule has 0 aliphatic carbocycles. The number of non-ortho nitro benzene ring substituents is 1. The normalized spacial score (nSPS) is 12.9. The van der Waals surface area contributed by atoms with Crippen LogP contribution in [-0.2, 0) is 13.6 Å². The third kappa shape index (κ3) is 3.92. The van der Waals surface area contributed by atoms with Crippen LogP contribution in [0.4, 0.5) is 17.1 Å². The molecule has 1 unspecified atom stereocenters. The number of rotatable bonds is 8. The van der Waals surface area contributed by atoms with E-state index in [1.807, 2.05) is 0 Å². The highest BCUT2D eigenvalue weighted by Gasteiger charge is 2.33. The number of nitrogens with zero attached hydrogens (tertiary/aromatic N) is 1. The number of nitrogens with two attached hydrogens (primary N) is 1. The Kier molecular flexibility index (Phi) is 6.00. The number of hydrogen-bond acceptors (Lipinski definition) is 7. The predicted octanol–water partition coefficient (Wildman–Crippen LogP) is 4.35. The van der Waals surface area contributed by atoms with Gasteiger partial charge in [-0.3, -0.25) is 14.7 Å². The van der Waals surface area contributed by atoms with Crippen LogP contribution in [0, 0.1) is 10.1 Å². The van der Waals surface area contributed by atoms with Crippen molar-refractivity contribution in [2.45, 2.75) is 26.6 Å². The lowest BCUT2D eigenvalue weighted by molar-refractivity contribution is -0.383. The van der Waals surface area contributed by atoms with Crippen molar-refractivity contribution in [3.05, 3.63) is 40.4 Å². The van der Waals surface area contributed by atoms with Crippen molar-refractivity contribution in [2.75, 3.05) is 24.3 Å². The quantitative estimate of drug-likeness (QED) is 0.308. The van der Waals surface area contributed by atoms with Crippen LogP contribution in [-0.4, -0.2) is 23.9 Å². The molecule has 8 nitrogen and oxygen atoms in total. The zero-order chi connectivity index (χ0) is 18.6. The van der Waals surface area contributed by atoms with E-state index in [2.05, 4.69) is 5.32 Å². The van der Waals surface area contributed by atoms with Gasteiger partial charge in [0.1, 0.15) is 5.78 Å². The minimum Gasteiger partial charge on any atom is -0.397 e. The Morgan fingerprint density at radius 3 is 2.32 bits per heavy atom. The van der Waals surface area contributed by atoms with Crippen LogP contribution in [0.1, 0.15) is 20.8 Å². The van der Waals surface area contributed by atoms with Crippen molar-refractivity contribution < 1.29 is 18.5 Å². The third-order valence-corrected chi connectivity index (χ3v) is 6.01. The molecule has 0 saturated carbocycles. The summed E-state index contributed by atoms with van der Waals surface area (Å²) < 4.78 is 23.6. The number of nitrogen functional groups attached to an aromatic ring is 1. The molecule has 2 aromatic rings. The predicted molar refractivity (Wildman–Crippen MR) is 99.0 cm³/mol. The van der Waals surface area contributed by atoms with Crippen LogP contribution in [0.2, 0.25) is 0 Å². The summed E-state index contributed by atoms with van der Waals surface area (Å²) in [6.45, 7) is 5.60. The summed E-state index contributed by atoms with van der Waals surface area (Å²) in [4.78, 5) is 10.8. The van der Waals surface area contributed by atoms with Gasteiger partial charge in [-0.15, -0.1) is 0 Å². The Hall–Kier alpha value is -2.15. The molecule has 25 heavy (non-hydrogen) atoms. The van der Waals surface area contributed by atoms with Gasteiger partial charge in [-0.25, -0.2) is 0 Å². The zero-order valence-corrected chi connectivity index (χ0v) is 15.3. The van der Waals surface area contributed by atoms with E-state index in [0.29, 0.717) is 16.5 Å². The number of nitro benzene ring substituents is 1. The van der Waals surface area contributed by atoms with Crippen molar-refractivity contribution >= 4 is 35.4 Å². The summed E-state index contributed by atoms with van der Waals surface area (Å²) in [5, 5.41) is 15.4. The second-order valence-corrected chi connectivity index (χ2v) is 7.73. The largest absolute Gasteiger partial charge is 0.397 e. The maximum atomic E-state index is 12.9. The summed E-state index contributed by atoms with van der Waals surface area (Å²) in [6.07, 6.45) is 0. The van der Waals surface area contributed by atoms with Crippen LogP contribution in [0.3, 0.4) is 0 Å². The monoisotopic (exact) mass is 367 g/mol. The summed E-state index contributed by atoms with van der Waals surface area (Å²) >= 11 is 0. The molecule has 0 spiro atoms. The highest BCUT2D eigenvalue weighted by atomic mass is 31.2. The molecule has 2 rings (SSSR count). The van der Waals surface area contributed by atoms with Gasteiger partial charge >= 0.3 is 7.60 Å². The fourth-order valence-corrected chi connectivity index (χ4v) is 4.13. The van der Waals surface area contributed by atoms with E-state index in [9.17, 15) is 14.7 Å². The number of hydrogen-bond donors (Lipinski definition) is 2. The second kappa shape index (κ2) is 7.82. The number of anilines is 2. The molecule has 1 atom stereocenters. The molecule has 0 radical (unpaired) electrons. The third-order valence-electron chi connectivity index (χ3n) is 3.70. The van der Waals surface area contributed by atoms with Crippen LogP contribution < -0.4 is 11.1 Å². The molecule has 136 valence electrons. The van der Waals surface area contributed by atoms with E-state index >= 15 is 0 Å². The van der Waals surface area contributed by atoms with Crippen LogP contribution in [0.5, 0.6) is 0 Å². The van der Waals surface area contributed by atoms with E-state index < -0.39 is 18.3 Å². The van der Waals surface area contributed by atoms with Gasteiger partial charge in [0, 0.05) is 11.5 Å². The lowest BCUT2D eigenvalue weighted by Crippen LogP contribution is -2.20. The van der Waals surface area contributed by atoms with Crippen molar-refractivity contribution in [1.82, 2.24) is 0 Å². The Bertz CT molecular complexity index is 817. The summed E-state index contributed by atoms with van der Waals surface area (Å²) in [5.41, 5.74) is 6.60. The van der Waals surface area contributed by atoms with E-state index in [4.69, 9.17) is 14.8 Å². The minimum atomic E-state index is -3.41. The van der Waals surface area contributed by atoms with Crippen LogP contribution in [0.15, 0.2) is 30.3 Å². The Balaban J connectivity index is 2.51. The molecule has 0 aliphatic heterocycles. The SMILES string of the molecule is CCOP(=O)(OCC)C(C)Nc1c(N)cc([N+](=O)[O-])c2ccccc12. The summed E-state index contributed by atoms with van der Waals surface area (Å²) in [5.74, 6) is -0.681. The first-order valence-corrected chi connectivity index (χ1v) is 9.56. The molecule has 0 bridgehead atoms. The standard InChI is InChI=1S/C16H22N3O5P/c1-4-23-25(22,24-5-2)11(3)18-16-13-9-7-6-8-12(13)15(19(20)21)10-14(16)17/h6-11,18H,4-5,17H2,1-3H3. The second-order valence-electron chi connectivity index (χ2n) is 5.36. The van der Waals surface area contributed by atoms with Crippen LogP contribution >= 0.6 is 7.60 Å². The van der Waals surface area contributed by atoms with E-state index in [1.54, 1.807) is 45.0 Å². The molecule has 9 heteroatoms. The van der Waals surface area contributed by atoms with Gasteiger partial charge in [-0.2, -0.15) is 0 Å². The molecule has 0 aliphatic rings. The van der Waals surface area contributed by atoms with E-state index in [1.165, 1.54) is 6.07 Å². The van der Waals surface area contributed by atoms with E-state index in [0.717, 1.165) is 0 Å². The van der Waals surface area contributed by atoms with Gasteiger partial charge in [-0.05, 0) is 26.8 Å². The fraction of sp³-hybridized carbons (Fsp3) is 0.375. The fourth-order valence-electron chi connectivity index (χ4n) is 2.60.